The van der Waals surface area contributed by atoms with Crippen molar-refractivity contribution in [2.75, 3.05) is 0 Å². The van der Waals surface area contributed by atoms with E-state index in [2.05, 4.69) is 4.98 Å². The molecule has 0 aliphatic heterocycles. The molecule has 1 saturated carbocycles. The molecular formula is C15H16N2O2. The first-order valence-corrected chi connectivity index (χ1v) is 6.49. The average molecular weight is 256 g/mol. The molecule has 1 aliphatic rings. The van der Waals surface area contributed by atoms with Gasteiger partial charge in [-0.3, -0.25) is 9.78 Å². The number of rotatable bonds is 4. The summed E-state index contributed by atoms with van der Waals surface area (Å²) in [7, 11) is 0. The van der Waals surface area contributed by atoms with Crippen molar-refractivity contribution in [1.82, 2.24) is 9.88 Å². The number of aromatic nitrogens is 1. The standard InChI is InChI=1S/C15H16N2O2/c1-11-14(6-9-19-11)15(18)17(13-2-3-13)10-12-4-7-16-8-5-12/h4-9,13H,2-3,10H2,1H3. The second-order valence-electron chi connectivity index (χ2n) is 4.91. The van der Waals surface area contributed by atoms with Gasteiger partial charge in [0.15, 0.2) is 0 Å². The third-order valence-corrected chi connectivity index (χ3v) is 3.44. The van der Waals surface area contributed by atoms with Crippen LogP contribution in [0.5, 0.6) is 0 Å². The number of carbonyl (C=O) groups is 1. The van der Waals surface area contributed by atoms with Gasteiger partial charge in [-0.25, -0.2) is 0 Å². The summed E-state index contributed by atoms with van der Waals surface area (Å²) in [6.45, 7) is 2.46. The number of furan rings is 1. The van der Waals surface area contributed by atoms with Crippen LogP contribution >= 0.6 is 0 Å². The van der Waals surface area contributed by atoms with Crippen molar-refractivity contribution >= 4 is 5.91 Å². The van der Waals surface area contributed by atoms with Crippen molar-refractivity contribution in [1.29, 1.82) is 0 Å². The third-order valence-electron chi connectivity index (χ3n) is 3.44. The summed E-state index contributed by atoms with van der Waals surface area (Å²) in [5, 5.41) is 0. The predicted molar refractivity (Wildman–Crippen MR) is 70.6 cm³/mol. The molecule has 0 radical (unpaired) electrons. The van der Waals surface area contributed by atoms with Crippen LogP contribution in [0.3, 0.4) is 0 Å². The Kier molecular flexibility index (Phi) is 3.07. The minimum absolute atomic E-state index is 0.0607. The maximum atomic E-state index is 12.6. The molecule has 0 aromatic carbocycles. The lowest BCUT2D eigenvalue weighted by Gasteiger charge is -2.22. The molecule has 2 heterocycles. The maximum Gasteiger partial charge on any atom is 0.257 e. The van der Waals surface area contributed by atoms with E-state index in [1.54, 1.807) is 24.7 Å². The third kappa shape index (κ3) is 2.52. The van der Waals surface area contributed by atoms with Gasteiger partial charge in [0.25, 0.3) is 5.91 Å². The largest absolute Gasteiger partial charge is 0.469 e. The van der Waals surface area contributed by atoms with E-state index in [4.69, 9.17) is 4.42 Å². The zero-order valence-electron chi connectivity index (χ0n) is 10.9. The number of nitrogens with zero attached hydrogens (tertiary/aromatic N) is 2. The molecule has 0 N–H and O–H groups in total. The van der Waals surface area contributed by atoms with Crippen molar-refractivity contribution in [2.24, 2.45) is 0 Å². The fourth-order valence-electron chi connectivity index (χ4n) is 2.20. The number of pyridine rings is 1. The number of hydrogen-bond acceptors (Lipinski definition) is 3. The van der Waals surface area contributed by atoms with Crippen LogP contribution in [0, 0.1) is 6.92 Å². The van der Waals surface area contributed by atoms with Gasteiger partial charge in [-0.15, -0.1) is 0 Å². The Hall–Kier alpha value is -2.10. The zero-order valence-corrected chi connectivity index (χ0v) is 10.9. The van der Waals surface area contributed by atoms with E-state index in [0.29, 0.717) is 23.9 Å². The van der Waals surface area contributed by atoms with Crippen LogP contribution < -0.4 is 0 Å². The van der Waals surface area contributed by atoms with Gasteiger partial charge in [0.05, 0.1) is 11.8 Å². The van der Waals surface area contributed by atoms with Gasteiger partial charge in [-0.1, -0.05) is 0 Å². The highest BCUT2D eigenvalue weighted by Gasteiger charge is 2.34. The Bertz CT molecular complexity index is 573. The van der Waals surface area contributed by atoms with Gasteiger partial charge in [-0.2, -0.15) is 0 Å². The quantitative estimate of drug-likeness (QED) is 0.845. The number of aryl methyl sites for hydroxylation is 1. The molecule has 1 amide bonds. The van der Waals surface area contributed by atoms with Gasteiger partial charge < -0.3 is 9.32 Å². The molecule has 1 fully saturated rings. The van der Waals surface area contributed by atoms with Gasteiger partial charge in [0.1, 0.15) is 5.76 Å². The topological polar surface area (TPSA) is 46.3 Å². The fraction of sp³-hybridized carbons (Fsp3) is 0.333. The van der Waals surface area contributed by atoms with Crippen LogP contribution in [0.1, 0.15) is 34.5 Å². The lowest BCUT2D eigenvalue weighted by molar-refractivity contribution is 0.0728. The van der Waals surface area contributed by atoms with Gasteiger partial charge in [0, 0.05) is 25.0 Å². The minimum atomic E-state index is 0.0607. The van der Waals surface area contributed by atoms with Crippen LogP contribution in [0.15, 0.2) is 41.3 Å². The summed E-state index contributed by atoms with van der Waals surface area (Å²) in [6.07, 6.45) is 7.27. The normalized spacial score (nSPS) is 14.4. The Morgan fingerprint density at radius 3 is 2.68 bits per heavy atom. The summed E-state index contributed by atoms with van der Waals surface area (Å²) in [6, 6.07) is 6.02. The second kappa shape index (κ2) is 4.88. The molecule has 3 rings (SSSR count). The zero-order chi connectivity index (χ0) is 13.2. The number of hydrogen-bond donors (Lipinski definition) is 0. The molecular weight excluding hydrogens is 240 g/mol. The van der Waals surface area contributed by atoms with Crippen LogP contribution in [-0.4, -0.2) is 21.8 Å². The fourth-order valence-corrected chi connectivity index (χ4v) is 2.20. The lowest BCUT2D eigenvalue weighted by atomic mass is 10.2. The van der Waals surface area contributed by atoms with Crippen molar-refractivity contribution in [3.63, 3.8) is 0 Å². The van der Waals surface area contributed by atoms with Gasteiger partial charge in [0.2, 0.25) is 0 Å². The summed E-state index contributed by atoms with van der Waals surface area (Å²) < 4.78 is 5.23. The summed E-state index contributed by atoms with van der Waals surface area (Å²) in [5.74, 6) is 0.746. The van der Waals surface area contributed by atoms with E-state index in [9.17, 15) is 4.79 Å². The second-order valence-corrected chi connectivity index (χ2v) is 4.91. The van der Waals surface area contributed by atoms with Crippen molar-refractivity contribution in [3.8, 4) is 0 Å². The molecule has 0 unspecified atom stereocenters. The Balaban J connectivity index is 1.82. The SMILES string of the molecule is Cc1occc1C(=O)N(Cc1ccncc1)C1CC1. The Morgan fingerprint density at radius 2 is 2.11 bits per heavy atom. The molecule has 19 heavy (non-hydrogen) atoms. The molecule has 4 heteroatoms. The number of carbonyl (C=O) groups excluding carboxylic acids is 1. The minimum Gasteiger partial charge on any atom is -0.469 e. The molecule has 2 aromatic heterocycles. The van der Waals surface area contributed by atoms with E-state index in [1.165, 1.54) is 0 Å². The number of amides is 1. The van der Waals surface area contributed by atoms with E-state index >= 15 is 0 Å². The van der Waals surface area contributed by atoms with Crippen LogP contribution in [0.25, 0.3) is 0 Å². The summed E-state index contributed by atoms with van der Waals surface area (Å²) >= 11 is 0. The lowest BCUT2D eigenvalue weighted by Crippen LogP contribution is -2.32. The first-order valence-electron chi connectivity index (χ1n) is 6.49. The molecule has 4 nitrogen and oxygen atoms in total. The highest BCUT2D eigenvalue weighted by Crippen LogP contribution is 2.30. The van der Waals surface area contributed by atoms with Crippen molar-refractivity contribution in [2.45, 2.75) is 32.4 Å². The molecule has 2 aromatic rings. The smallest absolute Gasteiger partial charge is 0.257 e. The van der Waals surface area contributed by atoms with E-state index in [1.807, 2.05) is 24.0 Å². The van der Waals surface area contributed by atoms with Crippen molar-refractivity contribution < 1.29 is 9.21 Å². The predicted octanol–water partition coefficient (Wildman–Crippen LogP) is 2.79. The van der Waals surface area contributed by atoms with Crippen LogP contribution in [-0.2, 0) is 6.54 Å². The first kappa shape index (κ1) is 12.0. The molecule has 98 valence electrons. The van der Waals surface area contributed by atoms with Crippen molar-refractivity contribution in [3.05, 3.63) is 53.7 Å². The van der Waals surface area contributed by atoms with E-state index < -0.39 is 0 Å². The maximum absolute atomic E-state index is 12.6. The van der Waals surface area contributed by atoms with Gasteiger partial charge >= 0.3 is 0 Å². The highest BCUT2D eigenvalue weighted by atomic mass is 16.3. The Morgan fingerprint density at radius 1 is 1.37 bits per heavy atom. The average Bonchev–Trinajstić information content (AvgIpc) is 3.18. The Labute approximate surface area is 112 Å². The highest BCUT2D eigenvalue weighted by molar-refractivity contribution is 5.95. The molecule has 0 spiro atoms. The van der Waals surface area contributed by atoms with Gasteiger partial charge in [-0.05, 0) is 43.5 Å². The molecule has 0 bridgehead atoms. The first-order chi connectivity index (χ1) is 9.25. The van der Waals surface area contributed by atoms with Crippen LogP contribution in [0.4, 0.5) is 0 Å². The summed E-state index contributed by atoms with van der Waals surface area (Å²) in [5.41, 5.74) is 1.78. The molecule has 0 atom stereocenters. The summed E-state index contributed by atoms with van der Waals surface area (Å²) in [4.78, 5) is 18.5. The van der Waals surface area contributed by atoms with E-state index in [-0.39, 0.29) is 5.91 Å². The monoisotopic (exact) mass is 256 g/mol. The molecule has 1 aliphatic carbocycles. The van der Waals surface area contributed by atoms with E-state index in [0.717, 1.165) is 18.4 Å². The van der Waals surface area contributed by atoms with Crippen LogP contribution in [0.2, 0.25) is 0 Å². The molecule has 0 saturated heterocycles.